The number of aryl methyl sites for hydroxylation is 1. The summed E-state index contributed by atoms with van der Waals surface area (Å²) < 4.78 is 0. The lowest BCUT2D eigenvalue weighted by molar-refractivity contribution is 0.778. The molecule has 0 aliphatic heterocycles. The molecule has 0 bridgehead atoms. The summed E-state index contributed by atoms with van der Waals surface area (Å²) in [7, 11) is 0. The van der Waals surface area contributed by atoms with Crippen LogP contribution in [0.1, 0.15) is 30.5 Å². The van der Waals surface area contributed by atoms with Gasteiger partial charge in [-0.2, -0.15) is 0 Å². The Bertz CT molecular complexity index is 503. The van der Waals surface area contributed by atoms with E-state index in [4.69, 9.17) is 5.73 Å². The van der Waals surface area contributed by atoms with E-state index in [1.165, 1.54) is 4.88 Å². The van der Waals surface area contributed by atoms with E-state index in [1.54, 1.807) is 11.3 Å². The second-order valence-electron chi connectivity index (χ2n) is 4.08. The molecule has 3 nitrogen and oxygen atoms in total. The summed E-state index contributed by atoms with van der Waals surface area (Å²) >= 11 is 1.72. The Morgan fingerprint density at radius 3 is 2.62 bits per heavy atom. The van der Waals surface area contributed by atoms with Gasteiger partial charge in [0, 0.05) is 22.4 Å². The first kappa shape index (κ1) is 11.1. The smallest absolute Gasteiger partial charge is 0.133 e. The highest BCUT2D eigenvalue weighted by atomic mass is 32.1. The van der Waals surface area contributed by atoms with E-state index in [0.29, 0.717) is 11.7 Å². The molecule has 0 amide bonds. The zero-order chi connectivity index (χ0) is 11.7. The fraction of sp³-hybridized carbons (Fsp3) is 0.333. The first-order chi connectivity index (χ1) is 7.58. The van der Waals surface area contributed by atoms with Crippen LogP contribution in [0.5, 0.6) is 0 Å². The monoisotopic (exact) mass is 233 g/mol. The number of hydrogen-bond donors (Lipinski definition) is 1. The van der Waals surface area contributed by atoms with Gasteiger partial charge < -0.3 is 5.73 Å². The van der Waals surface area contributed by atoms with E-state index >= 15 is 0 Å². The fourth-order valence-electron chi connectivity index (χ4n) is 1.53. The summed E-state index contributed by atoms with van der Waals surface area (Å²) in [5, 5.41) is 2.07. The summed E-state index contributed by atoms with van der Waals surface area (Å²) in [6.45, 7) is 6.23. The van der Waals surface area contributed by atoms with Gasteiger partial charge in [0.05, 0.1) is 5.69 Å². The summed E-state index contributed by atoms with van der Waals surface area (Å²) in [5.74, 6) is 1.64. The van der Waals surface area contributed by atoms with E-state index in [-0.39, 0.29) is 0 Å². The maximum Gasteiger partial charge on any atom is 0.133 e. The summed E-state index contributed by atoms with van der Waals surface area (Å²) in [6, 6.07) is 3.91. The Morgan fingerprint density at radius 1 is 1.31 bits per heavy atom. The van der Waals surface area contributed by atoms with Gasteiger partial charge in [-0.3, -0.25) is 0 Å². The van der Waals surface area contributed by atoms with Crippen molar-refractivity contribution in [2.24, 2.45) is 0 Å². The molecule has 0 spiro atoms. The molecule has 0 radical (unpaired) electrons. The lowest BCUT2D eigenvalue weighted by atomic mass is 10.1. The maximum atomic E-state index is 5.81. The van der Waals surface area contributed by atoms with Gasteiger partial charge in [-0.1, -0.05) is 13.8 Å². The third-order valence-electron chi connectivity index (χ3n) is 2.41. The molecule has 0 saturated carbocycles. The third-order valence-corrected chi connectivity index (χ3v) is 3.26. The van der Waals surface area contributed by atoms with Gasteiger partial charge in [-0.05, 0) is 18.4 Å². The SMILES string of the molecule is Cc1sccc1-c1cc(N)nc(C(C)C)n1. The van der Waals surface area contributed by atoms with E-state index in [1.807, 2.05) is 6.07 Å². The summed E-state index contributed by atoms with van der Waals surface area (Å²) in [4.78, 5) is 10.1. The van der Waals surface area contributed by atoms with Gasteiger partial charge in [0.15, 0.2) is 0 Å². The van der Waals surface area contributed by atoms with Crippen LogP contribution in [0.4, 0.5) is 5.82 Å². The van der Waals surface area contributed by atoms with Crippen molar-refractivity contribution in [3.8, 4) is 11.3 Å². The van der Waals surface area contributed by atoms with Crippen LogP contribution in [0.3, 0.4) is 0 Å². The van der Waals surface area contributed by atoms with Gasteiger partial charge in [0.2, 0.25) is 0 Å². The van der Waals surface area contributed by atoms with Crippen LogP contribution >= 0.6 is 11.3 Å². The quantitative estimate of drug-likeness (QED) is 0.866. The third kappa shape index (κ3) is 2.07. The molecule has 0 saturated heterocycles. The second kappa shape index (κ2) is 4.22. The van der Waals surface area contributed by atoms with Crippen LogP contribution in [-0.2, 0) is 0 Å². The summed E-state index contributed by atoms with van der Waals surface area (Å²) in [5.41, 5.74) is 7.89. The van der Waals surface area contributed by atoms with E-state index in [9.17, 15) is 0 Å². The Morgan fingerprint density at radius 2 is 2.06 bits per heavy atom. The van der Waals surface area contributed by atoms with Crippen LogP contribution in [-0.4, -0.2) is 9.97 Å². The van der Waals surface area contributed by atoms with Crippen molar-refractivity contribution in [3.05, 3.63) is 28.2 Å². The van der Waals surface area contributed by atoms with Crippen LogP contribution in [0, 0.1) is 6.92 Å². The van der Waals surface area contributed by atoms with Gasteiger partial charge in [0.25, 0.3) is 0 Å². The molecule has 2 N–H and O–H groups in total. The topological polar surface area (TPSA) is 51.8 Å². The predicted molar refractivity (Wildman–Crippen MR) is 68.6 cm³/mol. The number of aromatic nitrogens is 2. The molecule has 0 fully saturated rings. The van der Waals surface area contributed by atoms with Crippen molar-refractivity contribution >= 4 is 17.2 Å². The van der Waals surface area contributed by atoms with Crippen molar-refractivity contribution in [2.45, 2.75) is 26.7 Å². The van der Waals surface area contributed by atoms with Crippen molar-refractivity contribution in [1.82, 2.24) is 9.97 Å². The minimum atomic E-state index is 0.293. The molecule has 4 heteroatoms. The Hall–Kier alpha value is -1.42. The first-order valence-corrected chi connectivity index (χ1v) is 6.15. The highest BCUT2D eigenvalue weighted by Gasteiger charge is 2.10. The minimum absolute atomic E-state index is 0.293. The first-order valence-electron chi connectivity index (χ1n) is 5.27. The normalized spacial score (nSPS) is 11.0. The van der Waals surface area contributed by atoms with Gasteiger partial charge in [0.1, 0.15) is 11.6 Å². The van der Waals surface area contributed by atoms with Crippen LogP contribution in [0.2, 0.25) is 0 Å². The lowest BCUT2D eigenvalue weighted by Crippen LogP contribution is -2.02. The van der Waals surface area contributed by atoms with Gasteiger partial charge >= 0.3 is 0 Å². The number of hydrogen-bond acceptors (Lipinski definition) is 4. The molecule has 0 atom stereocenters. The van der Waals surface area contributed by atoms with Gasteiger partial charge in [-0.25, -0.2) is 9.97 Å². The Labute approximate surface area is 99.4 Å². The van der Waals surface area contributed by atoms with E-state index < -0.39 is 0 Å². The number of nitrogens with zero attached hydrogens (tertiary/aromatic N) is 2. The van der Waals surface area contributed by atoms with Crippen LogP contribution in [0.15, 0.2) is 17.5 Å². The molecule has 84 valence electrons. The number of nitrogens with two attached hydrogens (primary N) is 1. The Balaban J connectivity index is 2.54. The molecule has 0 aliphatic carbocycles. The minimum Gasteiger partial charge on any atom is -0.384 e. The van der Waals surface area contributed by atoms with Crippen LogP contribution < -0.4 is 5.73 Å². The molecular weight excluding hydrogens is 218 g/mol. The largest absolute Gasteiger partial charge is 0.384 e. The number of thiophene rings is 1. The number of nitrogen functional groups attached to an aromatic ring is 1. The number of rotatable bonds is 2. The van der Waals surface area contributed by atoms with Crippen molar-refractivity contribution in [2.75, 3.05) is 5.73 Å². The van der Waals surface area contributed by atoms with Crippen molar-refractivity contribution in [3.63, 3.8) is 0 Å². The molecule has 2 heterocycles. The zero-order valence-electron chi connectivity index (χ0n) is 9.69. The molecule has 0 aromatic carbocycles. The van der Waals surface area contributed by atoms with E-state index in [2.05, 4.69) is 42.2 Å². The molecule has 0 aliphatic rings. The van der Waals surface area contributed by atoms with Crippen molar-refractivity contribution < 1.29 is 0 Å². The molecule has 0 unspecified atom stereocenters. The van der Waals surface area contributed by atoms with Crippen LogP contribution in [0.25, 0.3) is 11.3 Å². The lowest BCUT2D eigenvalue weighted by Gasteiger charge is -2.07. The standard InChI is InChI=1S/C12H15N3S/c1-7(2)12-14-10(6-11(13)15-12)9-4-5-16-8(9)3/h4-7H,1-3H3,(H2,13,14,15). The summed E-state index contributed by atoms with van der Waals surface area (Å²) in [6.07, 6.45) is 0. The fourth-order valence-corrected chi connectivity index (χ4v) is 2.24. The highest BCUT2D eigenvalue weighted by molar-refractivity contribution is 7.10. The van der Waals surface area contributed by atoms with Gasteiger partial charge in [-0.15, -0.1) is 11.3 Å². The maximum absolute atomic E-state index is 5.81. The van der Waals surface area contributed by atoms with Crippen molar-refractivity contribution in [1.29, 1.82) is 0 Å². The molecule has 2 rings (SSSR count). The molecule has 2 aromatic rings. The molecule has 2 aromatic heterocycles. The molecular formula is C12H15N3S. The Kier molecular flexibility index (Phi) is 2.92. The average molecular weight is 233 g/mol. The molecule has 16 heavy (non-hydrogen) atoms. The highest BCUT2D eigenvalue weighted by Crippen LogP contribution is 2.27. The second-order valence-corrected chi connectivity index (χ2v) is 5.20. The van der Waals surface area contributed by atoms with E-state index in [0.717, 1.165) is 17.1 Å². The number of anilines is 1. The average Bonchev–Trinajstić information content (AvgIpc) is 2.63. The zero-order valence-corrected chi connectivity index (χ0v) is 10.5. The predicted octanol–water partition coefficient (Wildman–Crippen LogP) is 3.22.